The molecule has 2 heterocycles. The van der Waals surface area contributed by atoms with Crippen molar-refractivity contribution in [1.82, 2.24) is 10.3 Å². The van der Waals surface area contributed by atoms with Gasteiger partial charge in [0.25, 0.3) is 5.89 Å². The van der Waals surface area contributed by atoms with E-state index in [0.29, 0.717) is 11.7 Å². The molecule has 18 heavy (non-hydrogen) atoms. The molecule has 4 nitrogen and oxygen atoms in total. The highest BCUT2D eigenvalue weighted by molar-refractivity contribution is 5.76. The molecule has 0 saturated heterocycles. The average molecular weight is 242 g/mol. The number of nitrogens with one attached hydrogen (secondary N) is 1. The molecule has 4 heteroatoms. The molecular formula is C14H14N2O2. The maximum absolute atomic E-state index is 5.65. The van der Waals surface area contributed by atoms with Gasteiger partial charge in [-0.25, -0.2) is 4.98 Å². The Labute approximate surface area is 105 Å². The lowest BCUT2D eigenvalue weighted by Crippen LogP contribution is -2.11. The van der Waals surface area contributed by atoms with Crippen molar-refractivity contribution in [3.63, 3.8) is 0 Å². The Balaban J connectivity index is 1.97. The molecule has 0 spiro atoms. The highest BCUT2D eigenvalue weighted by atomic mass is 16.4. The fourth-order valence-electron chi connectivity index (χ4n) is 1.86. The lowest BCUT2D eigenvalue weighted by Gasteiger charge is -2.00. The summed E-state index contributed by atoms with van der Waals surface area (Å²) in [5.41, 5.74) is 2.84. The Morgan fingerprint density at radius 2 is 2.22 bits per heavy atom. The van der Waals surface area contributed by atoms with E-state index in [2.05, 4.69) is 17.2 Å². The van der Waals surface area contributed by atoms with E-state index in [9.17, 15) is 0 Å². The van der Waals surface area contributed by atoms with Gasteiger partial charge in [0.2, 0.25) is 0 Å². The van der Waals surface area contributed by atoms with Crippen LogP contribution >= 0.6 is 0 Å². The van der Waals surface area contributed by atoms with Crippen LogP contribution in [0.4, 0.5) is 0 Å². The fraction of sp³-hybridized carbons (Fsp3) is 0.214. The molecule has 0 aliphatic rings. The number of furan rings is 1. The minimum Gasteiger partial charge on any atom is -0.459 e. The van der Waals surface area contributed by atoms with Crippen molar-refractivity contribution >= 4 is 11.1 Å². The topological polar surface area (TPSA) is 51.2 Å². The Morgan fingerprint density at radius 1 is 1.28 bits per heavy atom. The van der Waals surface area contributed by atoms with Crippen LogP contribution in [-0.4, -0.2) is 11.5 Å². The van der Waals surface area contributed by atoms with Crippen molar-refractivity contribution in [3.05, 3.63) is 42.2 Å². The van der Waals surface area contributed by atoms with Gasteiger partial charge in [0.05, 0.1) is 6.26 Å². The lowest BCUT2D eigenvalue weighted by molar-refractivity contribution is 0.535. The number of hydrogen-bond donors (Lipinski definition) is 1. The van der Waals surface area contributed by atoms with E-state index in [0.717, 1.165) is 24.2 Å². The van der Waals surface area contributed by atoms with E-state index in [-0.39, 0.29) is 0 Å². The SMILES string of the molecule is CCNCc1ccc2oc(-c3ccco3)nc2c1. The number of benzene rings is 1. The van der Waals surface area contributed by atoms with Crippen molar-refractivity contribution in [2.75, 3.05) is 6.54 Å². The zero-order valence-electron chi connectivity index (χ0n) is 10.1. The van der Waals surface area contributed by atoms with E-state index < -0.39 is 0 Å². The first kappa shape index (κ1) is 11.0. The van der Waals surface area contributed by atoms with Gasteiger partial charge in [-0.15, -0.1) is 0 Å². The Bertz CT molecular complexity index is 641. The van der Waals surface area contributed by atoms with Crippen molar-refractivity contribution < 1.29 is 8.83 Å². The molecule has 1 N–H and O–H groups in total. The van der Waals surface area contributed by atoms with E-state index in [4.69, 9.17) is 8.83 Å². The van der Waals surface area contributed by atoms with Crippen LogP contribution in [0.5, 0.6) is 0 Å². The predicted octanol–water partition coefficient (Wildman–Crippen LogP) is 3.20. The van der Waals surface area contributed by atoms with Gasteiger partial charge in [0.1, 0.15) is 5.52 Å². The molecule has 2 aromatic heterocycles. The van der Waals surface area contributed by atoms with E-state index in [1.807, 2.05) is 30.3 Å². The van der Waals surface area contributed by atoms with Gasteiger partial charge in [-0.1, -0.05) is 13.0 Å². The van der Waals surface area contributed by atoms with Crippen molar-refractivity contribution in [2.45, 2.75) is 13.5 Å². The highest BCUT2D eigenvalue weighted by Gasteiger charge is 2.10. The molecule has 92 valence electrons. The minimum absolute atomic E-state index is 0.524. The lowest BCUT2D eigenvalue weighted by atomic mass is 10.2. The number of hydrogen-bond acceptors (Lipinski definition) is 4. The third-order valence-electron chi connectivity index (χ3n) is 2.76. The van der Waals surface area contributed by atoms with Crippen LogP contribution in [0.1, 0.15) is 12.5 Å². The summed E-state index contributed by atoms with van der Waals surface area (Å²) in [6.07, 6.45) is 1.61. The number of nitrogens with zero attached hydrogens (tertiary/aromatic N) is 1. The molecule has 0 atom stereocenters. The van der Waals surface area contributed by atoms with Gasteiger partial charge in [0, 0.05) is 6.54 Å². The van der Waals surface area contributed by atoms with Crippen LogP contribution < -0.4 is 5.32 Å². The van der Waals surface area contributed by atoms with Gasteiger partial charge in [-0.05, 0) is 36.4 Å². The molecule has 0 amide bonds. The van der Waals surface area contributed by atoms with Crippen molar-refractivity contribution in [2.24, 2.45) is 0 Å². The average Bonchev–Trinajstić information content (AvgIpc) is 3.03. The van der Waals surface area contributed by atoms with E-state index >= 15 is 0 Å². The summed E-state index contributed by atoms with van der Waals surface area (Å²) in [6.45, 7) is 3.88. The van der Waals surface area contributed by atoms with Crippen molar-refractivity contribution in [3.8, 4) is 11.7 Å². The molecular weight excluding hydrogens is 228 g/mol. The van der Waals surface area contributed by atoms with Crippen LogP contribution in [0.3, 0.4) is 0 Å². The number of oxazole rings is 1. The Kier molecular flexibility index (Phi) is 2.86. The molecule has 3 aromatic rings. The monoisotopic (exact) mass is 242 g/mol. The van der Waals surface area contributed by atoms with E-state index in [1.54, 1.807) is 6.26 Å². The first-order valence-electron chi connectivity index (χ1n) is 6.01. The Morgan fingerprint density at radius 3 is 3.00 bits per heavy atom. The number of rotatable bonds is 4. The van der Waals surface area contributed by atoms with Gasteiger partial charge in [0.15, 0.2) is 11.3 Å². The molecule has 0 radical (unpaired) electrons. The largest absolute Gasteiger partial charge is 0.459 e. The standard InChI is InChI=1S/C14H14N2O2/c1-2-15-9-10-5-6-12-11(8-10)16-14(18-12)13-4-3-7-17-13/h3-8,15H,2,9H2,1H3. The summed E-state index contributed by atoms with van der Waals surface area (Å²) in [7, 11) is 0. The molecule has 0 unspecified atom stereocenters. The van der Waals surface area contributed by atoms with Crippen LogP contribution in [0, 0.1) is 0 Å². The third kappa shape index (κ3) is 2.02. The fourth-order valence-corrected chi connectivity index (χ4v) is 1.86. The maximum atomic E-state index is 5.65. The second kappa shape index (κ2) is 4.66. The van der Waals surface area contributed by atoms with Gasteiger partial charge >= 0.3 is 0 Å². The zero-order valence-corrected chi connectivity index (χ0v) is 10.1. The maximum Gasteiger partial charge on any atom is 0.263 e. The Hall–Kier alpha value is -2.07. The molecule has 0 aliphatic heterocycles. The molecule has 1 aromatic carbocycles. The predicted molar refractivity (Wildman–Crippen MR) is 69.1 cm³/mol. The molecule has 3 rings (SSSR count). The zero-order chi connectivity index (χ0) is 12.4. The third-order valence-corrected chi connectivity index (χ3v) is 2.76. The first-order chi connectivity index (χ1) is 8.86. The summed E-state index contributed by atoms with van der Waals surface area (Å²) in [5, 5.41) is 3.29. The number of fused-ring (bicyclic) bond motifs is 1. The summed E-state index contributed by atoms with van der Waals surface area (Å²) >= 11 is 0. The van der Waals surface area contributed by atoms with E-state index in [1.165, 1.54) is 5.56 Å². The molecule has 0 fully saturated rings. The first-order valence-corrected chi connectivity index (χ1v) is 6.01. The van der Waals surface area contributed by atoms with Crippen LogP contribution in [0.2, 0.25) is 0 Å². The molecule has 0 saturated carbocycles. The van der Waals surface area contributed by atoms with Crippen LogP contribution in [-0.2, 0) is 6.54 Å². The quantitative estimate of drug-likeness (QED) is 0.763. The van der Waals surface area contributed by atoms with Crippen LogP contribution in [0.15, 0.2) is 45.4 Å². The normalized spacial score (nSPS) is 11.2. The summed E-state index contributed by atoms with van der Waals surface area (Å²) in [4.78, 5) is 4.44. The number of aromatic nitrogens is 1. The minimum atomic E-state index is 0.524. The van der Waals surface area contributed by atoms with Crippen molar-refractivity contribution in [1.29, 1.82) is 0 Å². The molecule has 0 aliphatic carbocycles. The second-order valence-electron chi connectivity index (χ2n) is 4.08. The van der Waals surface area contributed by atoms with Crippen LogP contribution in [0.25, 0.3) is 22.8 Å². The van der Waals surface area contributed by atoms with Gasteiger partial charge in [-0.2, -0.15) is 0 Å². The summed E-state index contributed by atoms with van der Waals surface area (Å²) in [6, 6.07) is 9.68. The van der Waals surface area contributed by atoms with Gasteiger partial charge < -0.3 is 14.2 Å². The summed E-state index contributed by atoms with van der Waals surface area (Å²) < 4.78 is 10.9. The summed E-state index contributed by atoms with van der Waals surface area (Å²) in [5.74, 6) is 1.18. The smallest absolute Gasteiger partial charge is 0.263 e. The molecule has 0 bridgehead atoms. The second-order valence-corrected chi connectivity index (χ2v) is 4.08. The highest BCUT2D eigenvalue weighted by Crippen LogP contribution is 2.25. The van der Waals surface area contributed by atoms with Gasteiger partial charge in [-0.3, -0.25) is 0 Å².